The van der Waals surface area contributed by atoms with Gasteiger partial charge in [-0.25, -0.2) is 0 Å². The monoisotopic (exact) mass is 412 g/mol. The van der Waals surface area contributed by atoms with Crippen LogP contribution in [-0.4, -0.2) is 35.5 Å². The molecular weight excluding hydrogens is 384 g/mol. The van der Waals surface area contributed by atoms with Gasteiger partial charge in [-0.2, -0.15) is 0 Å². The Kier molecular flexibility index (Phi) is 5.33. The van der Waals surface area contributed by atoms with Crippen molar-refractivity contribution in [1.29, 1.82) is 0 Å². The number of nitrogens with one attached hydrogen (secondary N) is 2. The zero-order valence-electron chi connectivity index (χ0n) is 17.9. The highest BCUT2D eigenvalue weighted by Gasteiger charge is 2.26. The van der Waals surface area contributed by atoms with Crippen molar-refractivity contribution in [2.45, 2.75) is 26.2 Å². The number of hydrogen-bond donors (Lipinski definition) is 2. The normalized spacial score (nSPS) is 16.7. The van der Waals surface area contributed by atoms with Crippen LogP contribution in [-0.2, 0) is 11.2 Å². The molecule has 158 valence electrons. The molecule has 2 N–H and O–H groups in total. The molecule has 1 aliphatic heterocycles. The van der Waals surface area contributed by atoms with Gasteiger partial charge in [-0.3, -0.25) is 9.78 Å². The van der Waals surface area contributed by atoms with E-state index in [2.05, 4.69) is 75.8 Å². The number of pyridine rings is 1. The minimum absolute atomic E-state index is 0.0183. The second-order valence-corrected chi connectivity index (χ2v) is 8.54. The number of carbonyl (C=O) groups excluding carboxylic acids is 1. The molecule has 0 spiro atoms. The van der Waals surface area contributed by atoms with Crippen molar-refractivity contribution in [2.24, 2.45) is 5.92 Å². The molecule has 4 aromatic rings. The first-order chi connectivity index (χ1) is 15.2. The first kappa shape index (κ1) is 19.6. The van der Waals surface area contributed by atoms with E-state index in [0.717, 1.165) is 43.4 Å². The van der Waals surface area contributed by atoms with E-state index < -0.39 is 0 Å². The molecule has 2 aromatic heterocycles. The molecule has 1 fully saturated rings. The lowest BCUT2D eigenvalue weighted by atomic mass is 9.96. The number of H-pyrrole nitrogens is 1. The van der Waals surface area contributed by atoms with Gasteiger partial charge in [0, 0.05) is 54.0 Å². The SMILES string of the molecule is Cc1ccc2nccc(N3CCCC(C(=O)NCCc4c[nH]c5ccccc45)C3)c2c1. The smallest absolute Gasteiger partial charge is 0.224 e. The number of benzene rings is 2. The van der Waals surface area contributed by atoms with Crippen molar-refractivity contribution >= 4 is 33.4 Å². The summed E-state index contributed by atoms with van der Waals surface area (Å²) in [5.74, 6) is 0.184. The summed E-state index contributed by atoms with van der Waals surface area (Å²) in [5, 5.41) is 5.59. The number of aryl methyl sites for hydroxylation is 1. The molecule has 31 heavy (non-hydrogen) atoms. The van der Waals surface area contributed by atoms with Crippen LogP contribution in [0.25, 0.3) is 21.8 Å². The van der Waals surface area contributed by atoms with Crippen LogP contribution >= 0.6 is 0 Å². The van der Waals surface area contributed by atoms with Crippen LogP contribution in [0.2, 0.25) is 0 Å². The van der Waals surface area contributed by atoms with E-state index in [0.29, 0.717) is 6.54 Å². The number of carbonyl (C=O) groups is 1. The maximum atomic E-state index is 12.9. The number of aromatic nitrogens is 2. The topological polar surface area (TPSA) is 61.0 Å². The van der Waals surface area contributed by atoms with Gasteiger partial charge in [0.15, 0.2) is 0 Å². The van der Waals surface area contributed by atoms with E-state index in [9.17, 15) is 4.79 Å². The standard InChI is InChI=1S/C26H28N4O/c1-18-8-9-24-22(15-18)25(11-13-27-24)30-14-4-5-20(17-30)26(31)28-12-10-19-16-29-23-7-3-2-6-21(19)23/h2-3,6-9,11,13,15-16,20,29H,4-5,10,12,14,17H2,1H3,(H,28,31). The highest BCUT2D eigenvalue weighted by Crippen LogP contribution is 2.30. The Hall–Kier alpha value is -3.34. The Morgan fingerprint density at radius 2 is 2.10 bits per heavy atom. The Bertz CT molecular complexity index is 1230. The molecule has 5 heteroatoms. The van der Waals surface area contributed by atoms with E-state index >= 15 is 0 Å². The van der Waals surface area contributed by atoms with Crippen LogP contribution in [0.3, 0.4) is 0 Å². The van der Waals surface area contributed by atoms with Crippen LogP contribution < -0.4 is 10.2 Å². The van der Waals surface area contributed by atoms with Gasteiger partial charge in [-0.1, -0.05) is 29.8 Å². The number of hydrogen-bond acceptors (Lipinski definition) is 3. The third kappa shape index (κ3) is 4.00. The molecular formula is C26H28N4O. The Balaban J connectivity index is 1.24. The highest BCUT2D eigenvalue weighted by atomic mass is 16.1. The summed E-state index contributed by atoms with van der Waals surface area (Å²) < 4.78 is 0. The Morgan fingerprint density at radius 1 is 1.19 bits per heavy atom. The predicted molar refractivity (Wildman–Crippen MR) is 126 cm³/mol. The molecule has 0 aliphatic carbocycles. The van der Waals surface area contributed by atoms with Crippen LogP contribution in [0.5, 0.6) is 0 Å². The Morgan fingerprint density at radius 3 is 3.03 bits per heavy atom. The van der Waals surface area contributed by atoms with Crippen molar-refractivity contribution in [3.05, 3.63) is 72.1 Å². The number of nitrogens with zero attached hydrogens (tertiary/aromatic N) is 2. The van der Waals surface area contributed by atoms with Gasteiger partial charge < -0.3 is 15.2 Å². The number of piperidine rings is 1. The summed E-state index contributed by atoms with van der Waals surface area (Å²) >= 11 is 0. The van der Waals surface area contributed by atoms with Gasteiger partial charge in [0.2, 0.25) is 5.91 Å². The summed E-state index contributed by atoms with van der Waals surface area (Å²) in [6, 6.07) is 16.8. The fourth-order valence-corrected chi connectivity index (χ4v) is 4.73. The third-order valence-corrected chi connectivity index (χ3v) is 6.38. The lowest BCUT2D eigenvalue weighted by Crippen LogP contribution is -2.43. The van der Waals surface area contributed by atoms with Gasteiger partial charge in [-0.15, -0.1) is 0 Å². The van der Waals surface area contributed by atoms with Crippen molar-refractivity contribution in [1.82, 2.24) is 15.3 Å². The van der Waals surface area contributed by atoms with Crippen LogP contribution in [0.1, 0.15) is 24.0 Å². The average Bonchev–Trinajstić information content (AvgIpc) is 3.22. The minimum atomic E-state index is 0.0183. The first-order valence-corrected chi connectivity index (χ1v) is 11.1. The van der Waals surface area contributed by atoms with Gasteiger partial charge in [-0.05, 0) is 56.0 Å². The quantitative estimate of drug-likeness (QED) is 0.504. The third-order valence-electron chi connectivity index (χ3n) is 6.38. The van der Waals surface area contributed by atoms with Gasteiger partial charge in [0.25, 0.3) is 0 Å². The molecule has 2 aromatic carbocycles. The summed E-state index contributed by atoms with van der Waals surface area (Å²) in [6.45, 7) is 4.50. The molecule has 5 rings (SSSR count). The number of anilines is 1. The zero-order valence-corrected chi connectivity index (χ0v) is 17.9. The number of amides is 1. The summed E-state index contributed by atoms with van der Waals surface area (Å²) in [5.41, 5.74) is 5.81. The van der Waals surface area contributed by atoms with Gasteiger partial charge in [0.05, 0.1) is 11.4 Å². The summed E-state index contributed by atoms with van der Waals surface area (Å²) in [4.78, 5) is 23.1. The molecule has 0 saturated carbocycles. The van der Waals surface area contributed by atoms with E-state index in [1.54, 1.807) is 0 Å². The van der Waals surface area contributed by atoms with Crippen molar-refractivity contribution in [2.75, 3.05) is 24.5 Å². The molecule has 1 unspecified atom stereocenters. The van der Waals surface area contributed by atoms with Crippen LogP contribution in [0.15, 0.2) is 60.9 Å². The molecule has 1 amide bonds. The molecule has 0 bridgehead atoms. The maximum Gasteiger partial charge on any atom is 0.224 e. The van der Waals surface area contributed by atoms with Crippen molar-refractivity contribution < 1.29 is 4.79 Å². The second kappa shape index (κ2) is 8.42. The van der Waals surface area contributed by atoms with E-state index in [4.69, 9.17) is 0 Å². The fraction of sp³-hybridized carbons (Fsp3) is 0.308. The second-order valence-electron chi connectivity index (χ2n) is 8.54. The van der Waals surface area contributed by atoms with Crippen LogP contribution in [0.4, 0.5) is 5.69 Å². The van der Waals surface area contributed by atoms with Crippen molar-refractivity contribution in [3.8, 4) is 0 Å². The van der Waals surface area contributed by atoms with Gasteiger partial charge in [0.1, 0.15) is 0 Å². The Labute approximate surface area is 182 Å². The largest absolute Gasteiger partial charge is 0.370 e. The van der Waals surface area contributed by atoms with E-state index in [1.807, 2.05) is 12.3 Å². The first-order valence-electron chi connectivity index (χ1n) is 11.1. The average molecular weight is 413 g/mol. The molecule has 5 nitrogen and oxygen atoms in total. The summed E-state index contributed by atoms with van der Waals surface area (Å²) in [6.07, 6.45) is 6.72. The molecule has 1 aliphatic rings. The molecule has 1 atom stereocenters. The molecule has 3 heterocycles. The van der Waals surface area contributed by atoms with Crippen molar-refractivity contribution in [3.63, 3.8) is 0 Å². The number of rotatable bonds is 5. The van der Waals surface area contributed by atoms with Crippen LogP contribution in [0, 0.1) is 12.8 Å². The maximum absolute atomic E-state index is 12.9. The lowest BCUT2D eigenvalue weighted by Gasteiger charge is -2.34. The van der Waals surface area contributed by atoms with E-state index in [1.165, 1.54) is 27.6 Å². The number of fused-ring (bicyclic) bond motifs is 2. The highest BCUT2D eigenvalue weighted by molar-refractivity contribution is 5.92. The number of aromatic amines is 1. The fourth-order valence-electron chi connectivity index (χ4n) is 4.73. The minimum Gasteiger partial charge on any atom is -0.370 e. The molecule has 0 radical (unpaired) electrons. The summed E-state index contributed by atoms with van der Waals surface area (Å²) in [7, 11) is 0. The zero-order chi connectivity index (χ0) is 21.2. The predicted octanol–water partition coefficient (Wildman–Crippen LogP) is 4.60. The lowest BCUT2D eigenvalue weighted by molar-refractivity contribution is -0.125. The van der Waals surface area contributed by atoms with Gasteiger partial charge >= 0.3 is 0 Å². The number of para-hydroxylation sites is 1. The van der Waals surface area contributed by atoms with E-state index in [-0.39, 0.29) is 11.8 Å². The molecule has 1 saturated heterocycles.